The average Bonchev–Trinajstić information content (AvgIpc) is 3.42. The molecule has 3 aromatic rings. The monoisotopic (exact) mass is 417 g/mol. The third-order valence-corrected chi connectivity index (χ3v) is 6.47. The smallest absolute Gasteiger partial charge is 0.255 e. The molecule has 1 aromatic heterocycles. The Morgan fingerprint density at radius 1 is 1.10 bits per heavy atom. The number of aliphatic hydroxyl groups is 1. The first-order valence-electron chi connectivity index (χ1n) is 10.8. The summed E-state index contributed by atoms with van der Waals surface area (Å²) in [5.41, 5.74) is 3.53. The van der Waals surface area contributed by atoms with Crippen LogP contribution in [-0.4, -0.2) is 37.8 Å². The van der Waals surface area contributed by atoms with Gasteiger partial charge in [-0.2, -0.15) is 0 Å². The van der Waals surface area contributed by atoms with Crippen LogP contribution in [0.1, 0.15) is 61.5 Å². The van der Waals surface area contributed by atoms with E-state index >= 15 is 0 Å². The first-order valence-corrected chi connectivity index (χ1v) is 10.8. The summed E-state index contributed by atoms with van der Waals surface area (Å²) in [6.07, 6.45) is 2.12. The minimum atomic E-state index is -0.947. The van der Waals surface area contributed by atoms with E-state index in [-0.39, 0.29) is 18.0 Å². The van der Waals surface area contributed by atoms with Crippen molar-refractivity contribution in [3.8, 4) is 22.6 Å². The van der Waals surface area contributed by atoms with Crippen LogP contribution < -0.4 is 0 Å². The SMILES string of the molecule is Cc1nnc(-c2ccc(-c3cccc4c3C(=O)N([C@H](C3CC3)C(C)(C)O)[C@H]4C)cc2)o1. The molecule has 0 saturated heterocycles. The number of aryl methyl sites for hydroxylation is 1. The molecule has 1 N–H and O–H groups in total. The molecule has 0 bridgehead atoms. The standard InChI is InChI=1S/C25H27N3O3/c1-14-19-6-5-7-20(16-8-12-18(13-9-16)23-27-26-15(2)31-23)21(19)24(29)28(14)22(17-10-11-17)25(3,4)30/h5-9,12-14,17,22,30H,10-11H2,1-4H3/t14-,22+/m0/s1. The van der Waals surface area contributed by atoms with Gasteiger partial charge in [-0.25, -0.2) is 0 Å². The Kier molecular flexibility index (Phi) is 4.52. The Morgan fingerprint density at radius 3 is 2.35 bits per heavy atom. The van der Waals surface area contributed by atoms with Crippen LogP contribution in [0.2, 0.25) is 0 Å². The Balaban J connectivity index is 1.53. The lowest BCUT2D eigenvalue weighted by Crippen LogP contribution is -2.52. The number of rotatable bonds is 5. The van der Waals surface area contributed by atoms with Gasteiger partial charge in [0.25, 0.3) is 5.91 Å². The second kappa shape index (κ2) is 7.02. The largest absolute Gasteiger partial charge is 0.421 e. The number of carbonyl (C=O) groups is 1. The van der Waals surface area contributed by atoms with Crippen molar-refractivity contribution in [3.63, 3.8) is 0 Å². The Morgan fingerprint density at radius 2 is 1.77 bits per heavy atom. The molecule has 1 fully saturated rings. The van der Waals surface area contributed by atoms with Crippen LogP contribution in [0, 0.1) is 12.8 Å². The molecule has 0 spiro atoms. The fraction of sp³-hybridized carbons (Fsp3) is 0.400. The van der Waals surface area contributed by atoms with Crippen molar-refractivity contribution in [2.45, 2.75) is 58.2 Å². The van der Waals surface area contributed by atoms with E-state index in [9.17, 15) is 9.90 Å². The molecule has 5 rings (SSSR count). The molecule has 0 radical (unpaired) electrons. The number of nitrogens with zero attached hydrogens (tertiary/aromatic N) is 3. The zero-order valence-electron chi connectivity index (χ0n) is 18.3. The fourth-order valence-electron chi connectivity index (χ4n) is 4.98. The van der Waals surface area contributed by atoms with E-state index in [2.05, 4.69) is 17.1 Å². The van der Waals surface area contributed by atoms with E-state index in [0.717, 1.165) is 40.7 Å². The van der Waals surface area contributed by atoms with Crippen LogP contribution in [0.5, 0.6) is 0 Å². The van der Waals surface area contributed by atoms with Crippen molar-refractivity contribution < 1.29 is 14.3 Å². The van der Waals surface area contributed by atoms with Gasteiger partial charge in [-0.05, 0) is 68.4 Å². The van der Waals surface area contributed by atoms with Crippen LogP contribution in [0.3, 0.4) is 0 Å². The topological polar surface area (TPSA) is 79.5 Å². The molecule has 6 nitrogen and oxygen atoms in total. The number of amides is 1. The van der Waals surface area contributed by atoms with Gasteiger partial charge in [0, 0.05) is 12.5 Å². The van der Waals surface area contributed by atoms with Crippen LogP contribution in [0.15, 0.2) is 46.9 Å². The van der Waals surface area contributed by atoms with Gasteiger partial charge in [-0.1, -0.05) is 30.3 Å². The highest BCUT2D eigenvalue weighted by Crippen LogP contribution is 2.48. The van der Waals surface area contributed by atoms with Gasteiger partial charge in [0.2, 0.25) is 11.8 Å². The summed E-state index contributed by atoms with van der Waals surface area (Å²) in [7, 11) is 0. The van der Waals surface area contributed by atoms with E-state index < -0.39 is 5.60 Å². The van der Waals surface area contributed by atoms with Gasteiger partial charge >= 0.3 is 0 Å². The lowest BCUT2D eigenvalue weighted by atomic mass is 9.92. The Hall–Kier alpha value is -2.99. The summed E-state index contributed by atoms with van der Waals surface area (Å²) in [5.74, 6) is 1.38. The first-order chi connectivity index (χ1) is 14.8. The van der Waals surface area contributed by atoms with Gasteiger partial charge in [-0.3, -0.25) is 4.79 Å². The number of hydrogen-bond acceptors (Lipinski definition) is 5. The molecule has 1 aliphatic heterocycles. The number of aromatic nitrogens is 2. The van der Waals surface area contributed by atoms with Crippen LogP contribution >= 0.6 is 0 Å². The van der Waals surface area contributed by atoms with Gasteiger partial charge in [0.05, 0.1) is 23.2 Å². The zero-order chi connectivity index (χ0) is 21.9. The molecule has 2 atom stereocenters. The van der Waals surface area contributed by atoms with E-state index in [4.69, 9.17) is 4.42 Å². The van der Waals surface area contributed by atoms with Crippen molar-refractivity contribution >= 4 is 5.91 Å². The lowest BCUT2D eigenvalue weighted by molar-refractivity contribution is -0.0305. The Labute approximate surface area is 181 Å². The van der Waals surface area contributed by atoms with Crippen molar-refractivity contribution in [3.05, 3.63) is 59.5 Å². The zero-order valence-corrected chi connectivity index (χ0v) is 18.3. The van der Waals surface area contributed by atoms with Crippen LogP contribution in [-0.2, 0) is 0 Å². The summed E-state index contributed by atoms with van der Waals surface area (Å²) < 4.78 is 5.51. The van der Waals surface area contributed by atoms with Crippen LogP contribution in [0.4, 0.5) is 0 Å². The highest BCUT2D eigenvalue weighted by atomic mass is 16.4. The molecule has 1 amide bonds. The normalized spacial score (nSPS) is 19.6. The molecular formula is C25H27N3O3. The molecule has 2 heterocycles. The molecule has 2 aliphatic rings. The summed E-state index contributed by atoms with van der Waals surface area (Å²) in [6, 6.07) is 13.6. The second-order valence-corrected chi connectivity index (χ2v) is 9.30. The lowest BCUT2D eigenvalue weighted by Gasteiger charge is -2.39. The second-order valence-electron chi connectivity index (χ2n) is 9.30. The molecule has 6 heteroatoms. The molecular weight excluding hydrogens is 390 g/mol. The molecule has 31 heavy (non-hydrogen) atoms. The quantitative estimate of drug-likeness (QED) is 0.646. The van der Waals surface area contributed by atoms with Gasteiger partial charge in [-0.15, -0.1) is 10.2 Å². The maximum atomic E-state index is 13.7. The number of fused-ring (bicyclic) bond motifs is 1. The van der Waals surface area contributed by atoms with Crippen LogP contribution in [0.25, 0.3) is 22.6 Å². The number of benzene rings is 2. The van der Waals surface area contributed by atoms with E-state index in [0.29, 0.717) is 17.7 Å². The van der Waals surface area contributed by atoms with E-state index in [1.807, 2.05) is 61.2 Å². The van der Waals surface area contributed by atoms with Crippen molar-refractivity contribution in [2.24, 2.45) is 5.92 Å². The maximum absolute atomic E-state index is 13.7. The van der Waals surface area contributed by atoms with Gasteiger partial charge in [0.1, 0.15) is 0 Å². The predicted molar refractivity (Wildman–Crippen MR) is 117 cm³/mol. The molecule has 0 unspecified atom stereocenters. The average molecular weight is 418 g/mol. The van der Waals surface area contributed by atoms with Gasteiger partial charge < -0.3 is 14.4 Å². The first kappa shape index (κ1) is 19.9. The molecule has 1 saturated carbocycles. The highest BCUT2D eigenvalue weighted by Gasteiger charge is 2.50. The number of hydrogen-bond donors (Lipinski definition) is 1. The summed E-state index contributed by atoms with van der Waals surface area (Å²) in [4.78, 5) is 15.6. The minimum Gasteiger partial charge on any atom is -0.421 e. The third-order valence-electron chi connectivity index (χ3n) is 6.47. The molecule has 160 valence electrons. The summed E-state index contributed by atoms with van der Waals surface area (Å²) in [6.45, 7) is 7.46. The van der Waals surface area contributed by atoms with Gasteiger partial charge in [0.15, 0.2) is 0 Å². The van der Waals surface area contributed by atoms with Crippen molar-refractivity contribution in [1.82, 2.24) is 15.1 Å². The number of carbonyl (C=O) groups excluding carboxylic acids is 1. The molecule has 2 aromatic carbocycles. The Bertz CT molecular complexity index is 1140. The van der Waals surface area contributed by atoms with Crippen molar-refractivity contribution in [1.29, 1.82) is 0 Å². The molecule has 1 aliphatic carbocycles. The summed E-state index contributed by atoms with van der Waals surface area (Å²) >= 11 is 0. The minimum absolute atomic E-state index is 0.00808. The fourth-order valence-corrected chi connectivity index (χ4v) is 4.98. The summed E-state index contributed by atoms with van der Waals surface area (Å²) in [5, 5.41) is 18.8. The predicted octanol–water partition coefficient (Wildman–Crippen LogP) is 4.78. The third kappa shape index (κ3) is 3.35. The van der Waals surface area contributed by atoms with E-state index in [1.54, 1.807) is 6.92 Å². The highest BCUT2D eigenvalue weighted by molar-refractivity contribution is 6.05. The van der Waals surface area contributed by atoms with Crippen molar-refractivity contribution in [2.75, 3.05) is 0 Å². The van der Waals surface area contributed by atoms with E-state index in [1.165, 1.54) is 0 Å². The maximum Gasteiger partial charge on any atom is 0.255 e.